The van der Waals surface area contributed by atoms with E-state index in [4.69, 9.17) is 4.74 Å². The maximum atomic E-state index is 6.13. The average molecular weight is 486 g/mol. The zero-order valence-corrected chi connectivity index (χ0v) is 21.6. The standard InChI is InChI=1S/C36H27BO/c1-24-19-20-25-11-3-7-15-29(25)35(24)37(36-30-16-8-4-12-26(30)21-22-34(36)38-2)33-23-27-13-5-6-14-28(27)31-17-9-10-18-32(31)33/h3-23H,1-2H3. The molecule has 7 aromatic carbocycles. The summed E-state index contributed by atoms with van der Waals surface area (Å²) >= 11 is 0. The summed E-state index contributed by atoms with van der Waals surface area (Å²) in [5.74, 6) is 0.915. The van der Waals surface area contributed by atoms with Crippen molar-refractivity contribution in [3.63, 3.8) is 0 Å². The zero-order valence-electron chi connectivity index (χ0n) is 21.6. The van der Waals surface area contributed by atoms with Gasteiger partial charge in [-0.3, -0.25) is 0 Å². The van der Waals surface area contributed by atoms with Crippen molar-refractivity contribution < 1.29 is 4.74 Å². The van der Waals surface area contributed by atoms with Gasteiger partial charge < -0.3 is 4.74 Å². The van der Waals surface area contributed by atoms with Crippen LogP contribution in [0.4, 0.5) is 0 Å². The van der Waals surface area contributed by atoms with Gasteiger partial charge in [0.25, 0.3) is 0 Å². The molecule has 180 valence electrons. The molecule has 7 aromatic rings. The van der Waals surface area contributed by atoms with Gasteiger partial charge in [-0.25, -0.2) is 0 Å². The molecule has 0 bridgehead atoms. The lowest BCUT2D eigenvalue weighted by Crippen LogP contribution is -2.54. The molecule has 0 saturated carbocycles. The molecule has 0 spiro atoms. The van der Waals surface area contributed by atoms with Crippen molar-refractivity contribution >= 4 is 66.2 Å². The first-order valence-corrected chi connectivity index (χ1v) is 13.2. The molecule has 0 N–H and O–H groups in total. The molecule has 38 heavy (non-hydrogen) atoms. The van der Waals surface area contributed by atoms with E-state index in [1.165, 1.54) is 65.0 Å². The van der Waals surface area contributed by atoms with Gasteiger partial charge >= 0.3 is 0 Å². The Morgan fingerprint density at radius 3 is 1.68 bits per heavy atom. The number of aryl methyl sites for hydroxylation is 1. The highest BCUT2D eigenvalue weighted by Crippen LogP contribution is 2.27. The van der Waals surface area contributed by atoms with Crippen LogP contribution >= 0.6 is 0 Å². The predicted molar refractivity (Wildman–Crippen MR) is 165 cm³/mol. The van der Waals surface area contributed by atoms with Crippen LogP contribution in [0.25, 0.3) is 43.1 Å². The second kappa shape index (κ2) is 9.08. The van der Waals surface area contributed by atoms with Crippen LogP contribution in [0.1, 0.15) is 5.56 Å². The van der Waals surface area contributed by atoms with Gasteiger partial charge in [0.15, 0.2) is 0 Å². The Morgan fingerprint density at radius 1 is 0.474 bits per heavy atom. The maximum absolute atomic E-state index is 6.13. The summed E-state index contributed by atoms with van der Waals surface area (Å²) in [5.41, 5.74) is 5.12. The molecule has 0 amide bonds. The molecular weight excluding hydrogens is 459 g/mol. The van der Waals surface area contributed by atoms with E-state index in [1.54, 1.807) is 7.11 Å². The van der Waals surface area contributed by atoms with Gasteiger partial charge in [0.05, 0.1) is 7.11 Å². The molecule has 0 saturated heterocycles. The fourth-order valence-electron chi connectivity index (χ4n) is 6.32. The molecule has 0 heterocycles. The molecule has 0 aromatic heterocycles. The van der Waals surface area contributed by atoms with Crippen LogP contribution < -0.4 is 21.1 Å². The van der Waals surface area contributed by atoms with Gasteiger partial charge in [0.1, 0.15) is 5.75 Å². The van der Waals surface area contributed by atoms with E-state index in [0.29, 0.717) is 0 Å². The van der Waals surface area contributed by atoms with Gasteiger partial charge in [-0.1, -0.05) is 138 Å². The van der Waals surface area contributed by atoms with Gasteiger partial charge in [-0.15, -0.1) is 0 Å². The molecule has 0 aliphatic rings. The quantitative estimate of drug-likeness (QED) is 0.190. The van der Waals surface area contributed by atoms with Gasteiger partial charge in [0.2, 0.25) is 6.71 Å². The third-order valence-electron chi connectivity index (χ3n) is 8.03. The number of fused-ring (bicyclic) bond motifs is 5. The van der Waals surface area contributed by atoms with Crippen molar-refractivity contribution in [3.8, 4) is 5.75 Å². The number of methoxy groups -OCH3 is 1. The molecule has 0 fully saturated rings. The topological polar surface area (TPSA) is 9.23 Å². The normalized spacial score (nSPS) is 11.4. The summed E-state index contributed by atoms with van der Waals surface area (Å²) < 4.78 is 6.13. The van der Waals surface area contributed by atoms with Gasteiger partial charge in [-0.2, -0.15) is 0 Å². The third-order valence-corrected chi connectivity index (χ3v) is 8.03. The third kappa shape index (κ3) is 3.49. The molecule has 0 aliphatic carbocycles. The molecule has 0 radical (unpaired) electrons. The lowest BCUT2D eigenvalue weighted by atomic mass is 9.34. The Kier molecular flexibility index (Phi) is 5.41. The van der Waals surface area contributed by atoms with Crippen molar-refractivity contribution in [1.82, 2.24) is 0 Å². The van der Waals surface area contributed by atoms with Crippen LogP contribution in [-0.4, -0.2) is 13.8 Å². The van der Waals surface area contributed by atoms with Crippen LogP contribution in [0.2, 0.25) is 0 Å². The Bertz CT molecular complexity index is 1990. The fourth-order valence-corrected chi connectivity index (χ4v) is 6.32. The van der Waals surface area contributed by atoms with Crippen LogP contribution in [0.15, 0.2) is 127 Å². The van der Waals surface area contributed by atoms with E-state index in [2.05, 4.69) is 134 Å². The zero-order chi connectivity index (χ0) is 25.6. The summed E-state index contributed by atoms with van der Waals surface area (Å²) in [5, 5.41) is 10.1. The van der Waals surface area contributed by atoms with Gasteiger partial charge in [-0.05, 0) is 61.5 Å². The molecule has 0 aliphatic heterocycles. The van der Waals surface area contributed by atoms with Crippen LogP contribution in [0, 0.1) is 6.92 Å². The molecule has 0 atom stereocenters. The number of ether oxygens (including phenoxy) is 1. The minimum atomic E-state index is -0.0309. The molecular formula is C36H27BO. The smallest absolute Gasteiger partial charge is 0.248 e. The fraction of sp³-hybridized carbons (Fsp3) is 0.0556. The molecule has 1 nitrogen and oxygen atoms in total. The van der Waals surface area contributed by atoms with Crippen molar-refractivity contribution in [2.24, 2.45) is 0 Å². The highest BCUT2D eigenvalue weighted by Gasteiger charge is 2.31. The van der Waals surface area contributed by atoms with E-state index in [9.17, 15) is 0 Å². The molecule has 0 unspecified atom stereocenters. The second-order valence-electron chi connectivity index (χ2n) is 10.1. The predicted octanol–water partition coefficient (Wildman–Crippen LogP) is 7.13. The summed E-state index contributed by atoms with van der Waals surface area (Å²) in [4.78, 5) is 0. The van der Waals surface area contributed by atoms with E-state index in [-0.39, 0.29) is 6.71 Å². The van der Waals surface area contributed by atoms with Crippen molar-refractivity contribution in [3.05, 3.63) is 133 Å². The van der Waals surface area contributed by atoms with E-state index >= 15 is 0 Å². The highest BCUT2D eigenvalue weighted by atomic mass is 16.5. The Labute approximate surface area is 223 Å². The minimum Gasteiger partial charge on any atom is -0.497 e. The first kappa shape index (κ1) is 22.6. The Hall–Kier alpha value is -4.56. The first-order valence-electron chi connectivity index (χ1n) is 13.2. The highest BCUT2D eigenvalue weighted by molar-refractivity contribution is 7.00. The summed E-state index contributed by atoms with van der Waals surface area (Å²) in [6, 6.07) is 46.3. The maximum Gasteiger partial charge on any atom is 0.248 e. The Morgan fingerprint density at radius 2 is 1.00 bits per heavy atom. The average Bonchev–Trinajstić information content (AvgIpc) is 2.98. The van der Waals surface area contributed by atoms with Crippen LogP contribution in [0.5, 0.6) is 5.75 Å². The number of benzene rings is 7. The lowest BCUT2D eigenvalue weighted by molar-refractivity contribution is 0.418. The summed E-state index contributed by atoms with van der Waals surface area (Å²) in [7, 11) is 1.79. The second-order valence-corrected chi connectivity index (χ2v) is 10.1. The SMILES string of the molecule is COc1ccc2ccccc2c1B(c1c(C)ccc2ccccc12)c1cc2ccccc2c2ccccc12. The monoisotopic (exact) mass is 486 g/mol. The van der Waals surface area contributed by atoms with E-state index < -0.39 is 0 Å². The van der Waals surface area contributed by atoms with Crippen molar-refractivity contribution in [1.29, 1.82) is 0 Å². The van der Waals surface area contributed by atoms with Crippen LogP contribution in [0.3, 0.4) is 0 Å². The van der Waals surface area contributed by atoms with E-state index in [0.717, 1.165) is 5.75 Å². The largest absolute Gasteiger partial charge is 0.497 e. The minimum absolute atomic E-state index is 0.0309. The number of rotatable bonds is 4. The van der Waals surface area contributed by atoms with Crippen LogP contribution in [-0.2, 0) is 0 Å². The first-order chi connectivity index (χ1) is 18.7. The lowest BCUT2D eigenvalue weighted by Gasteiger charge is -2.25. The molecule has 7 rings (SSSR count). The van der Waals surface area contributed by atoms with Crippen molar-refractivity contribution in [2.75, 3.05) is 7.11 Å². The molecule has 2 heteroatoms. The number of hydrogen-bond donors (Lipinski definition) is 0. The summed E-state index contributed by atoms with van der Waals surface area (Å²) in [6.07, 6.45) is 0. The van der Waals surface area contributed by atoms with Gasteiger partial charge in [0, 0.05) is 0 Å². The number of hydrogen-bond acceptors (Lipinski definition) is 1. The van der Waals surface area contributed by atoms with E-state index in [1.807, 2.05) is 0 Å². The Balaban J connectivity index is 1.71. The van der Waals surface area contributed by atoms with Crippen molar-refractivity contribution in [2.45, 2.75) is 6.92 Å². The summed E-state index contributed by atoms with van der Waals surface area (Å²) in [6.45, 7) is 2.21.